The first-order valence-corrected chi connectivity index (χ1v) is 11.4. The predicted octanol–water partition coefficient (Wildman–Crippen LogP) is 5.53. The maximum absolute atomic E-state index is 13.9. The van der Waals surface area contributed by atoms with Crippen LogP contribution in [0.25, 0.3) is 0 Å². The van der Waals surface area contributed by atoms with E-state index in [-0.39, 0.29) is 11.0 Å². The zero-order valence-electron chi connectivity index (χ0n) is 16.3. The van der Waals surface area contributed by atoms with E-state index >= 15 is 0 Å². The van der Waals surface area contributed by atoms with E-state index in [2.05, 4.69) is 9.62 Å². The maximum atomic E-state index is 13.9. The van der Waals surface area contributed by atoms with Crippen LogP contribution < -0.4 is 10.1 Å². The minimum Gasteiger partial charge on any atom is -0.493 e. The average Bonchev–Trinajstić information content (AvgIpc) is 2.65. The molecule has 1 heterocycles. The third-order valence-electron chi connectivity index (χ3n) is 5.62. The minimum absolute atomic E-state index is 0.0229. The van der Waals surface area contributed by atoms with Crippen molar-refractivity contribution in [3.8, 4) is 11.8 Å². The van der Waals surface area contributed by atoms with E-state index in [0.29, 0.717) is 28.4 Å². The van der Waals surface area contributed by atoms with Crippen LogP contribution in [0.15, 0.2) is 41.3 Å². The third-order valence-corrected chi connectivity index (χ3v) is 7.35. The lowest BCUT2D eigenvalue weighted by atomic mass is 9.81. The Morgan fingerprint density at radius 3 is 2.67 bits per heavy atom. The number of hydrogen-bond acceptors (Lipinski definition) is 5. The Balaban J connectivity index is 1.38. The molecule has 0 atom stereocenters. The molecule has 4 nitrogen and oxygen atoms in total. The van der Waals surface area contributed by atoms with Gasteiger partial charge < -0.3 is 10.1 Å². The van der Waals surface area contributed by atoms with Gasteiger partial charge in [-0.3, -0.25) is 0 Å². The molecule has 1 N–H and O–H groups in total. The molecule has 2 aromatic rings. The summed E-state index contributed by atoms with van der Waals surface area (Å²) in [7, 11) is 0. The summed E-state index contributed by atoms with van der Waals surface area (Å²) in [5.41, 5.74) is -0.0407. The smallest absolute Gasteiger partial charge is 0.144 e. The summed E-state index contributed by atoms with van der Waals surface area (Å²) in [5.74, 6) is -0.110. The van der Waals surface area contributed by atoms with Crippen LogP contribution in [0.1, 0.15) is 24.8 Å². The van der Waals surface area contributed by atoms with Crippen molar-refractivity contribution in [3.63, 3.8) is 0 Å². The fourth-order valence-electron chi connectivity index (χ4n) is 3.59. The minimum atomic E-state index is -0.556. The number of nitrogens with one attached hydrogen (secondary N) is 1. The van der Waals surface area contributed by atoms with E-state index in [0.717, 1.165) is 24.5 Å². The second-order valence-corrected chi connectivity index (χ2v) is 10.00. The van der Waals surface area contributed by atoms with Crippen molar-refractivity contribution in [1.29, 1.82) is 5.26 Å². The zero-order chi connectivity index (χ0) is 21.1. The largest absolute Gasteiger partial charge is 0.493 e. The molecule has 0 radical (unpaired) electrons. The molecule has 0 aromatic heterocycles. The Kier molecular flexibility index (Phi) is 6.76. The summed E-state index contributed by atoms with van der Waals surface area (Å²) in [6.07, 6.45) is 3.72. The van der Waals surface area contributed by atoms with Crippen LogP contribution >= 0.6 is 35.1 Å². The van der Waals surface area contributed by atoms with Gasteiger partial charge >= 0.3 is 0 Å². The molecule has 30 heavy (non-hydrogen) atoms. The first-order chi connectivity index (χ1) is 14.5. The number of ether oxygens (including phenoxy) is 1. The fourth-order valence-corrected chi connectivity index (χ4v) is 5.34. The molecule has 2 fully saturated rings. The summed E-state index contributed by atoms with van der Waals surface area (Å²) in [6.45, 7) is 2.98. The van der Waals surface area contributed by atoms with E-state index in [1.54, 1.807) is 24.1 Å². The Hall–Kier alpha value is -1.49. The van der Waals surface area contributed by atoms with Crippen LogP contribution in [0.4, 0.5) is 4.39 Å². The van der Waals surface area contributed by atoms with Crippen molar-refractivity contribution in [3.05, 3.63) is 57.8 Å². The summed E-state index contributed by atoms with van der Waals surface area (Å²) >= 11 is 13.9. The Labute approximate surface area is 190 Å². The fraction of sp³-hybridized carbons (Fsp3) is 0.409. The van der Waals surface area contributed by atoms with Gasteiger partial charge in [0.15, 0.2) is 0 Å². The van der Waals surface area contributed by atoms with Crippen molar-refractivity contribution in [2.75, 3.05) is 26.2 Å². The molecule has 4 rings (SSSR count). The van der Waals surface area contributed by atoms with Gasteiger partial charge in [-0.05, 0) is 55.1 Å². The number of hydrogen-bond donors (Lipinski definition) is 1. The highest BCUT2D eigenvalue weighted by Gasteiger charge is 2.45. The molecule has 0 unspecified atom stereocenters. The molecule has 1 saturated heterocycles. The van der Waals surface area contributed by atoms with Crippen molar-refractivity contribution in [1.82, 2.24) is 9.62 Å². The Morgan fingerprint density at radius 1 is 1.23 bits per heavy atom. The molecule has 8 heteroatoms. The van der Waals surface area contributed by atoms with Gasteiger partial charge in [-0.1, -0.05) is 29.6 Å². The van der Waals surface area contributed by atoms with Gasteiger partial charge in [0.05, 0.1) is 17.2 Å². The summed E-state index contributed by atoms with van der Waals surface area (Å²) in [6, 6.07) is 12.3. The van der Waals surface area contributed by atoms with Gasteiger partial charge in [0.1, 0.15) is 17.6 Å². The highest BCUT2D eigenvalue weighted by Crippen LogP contribution is 2.41. The van der Waals surface area contributed by atoms with Crippen LogP contribution in [-0.4, -0.2) is 36.6 Å². The standard InChI is InChI=1S/C22H22Cl2FN3OS/c23-16-5-7-21(19(24)8-16)30-28-12-22(13-28,11-27-17-2-1-3-17)14-29-18-6-4-15(10-26)20(25)9-18/h4-9,17,27H,1-3,11-14H2. The normalized spacial score (nSPS) is 18.3. The molecule has 2 aliphatic rings. The zero-order valence-corrected chi connectivity index (χ0v) is 18.7. The molecule has 1 aliphatic heterocycles. The Morgan fingerprint density at radius 2 is 2.03 bits per heavy atom. The molecular formula is C22H22Cl2FN3OS. The molecule has 0 amide bonds. The predicted molar refractivity (Wildman–Crippen MR) is 119 cm³/mol. The van der Waals surface area contributed by atoms with E-state index in [9.17, 15) is 4.39 Å². The van der Waals surface area contributed by atoms with Crippen LogP contribution in [-0.2, 0) is 0 Å². The van der Waals surface area contributed by atoms with Crippen LogP contribution in [0.5, 0.6) is 5.75 Å². The lowest BCUT2D eigenvalue weighted by molar-refractivity contribution is 0.0209. The number of nitrogens with zero attached hydrogens (tertiary/aromatic N) is 2. The summed E-state index contributed by atoms with van der Waals surface area (Å²) in [5, 5.41) is 13.8. The van der Waals surface area contributed by atoms with E-state index < -0.39 is 5.82 Å². The lowest BCUT2D eigenvalue weighted by Gasteiger charge is -2.50. The molecule has 0 bridgehead atoms. The van der Waals surface area contributed by atoms with Gasteiger partial charge in [-0.25, -0.2) is 8.70 Å². The monoisotopic (exact) mass is 465 g/mol. The van der Waals surface area contributed by atoms with Gasteiger partial charge in [-0.2, -0.15) is 5.26 Å². The first-order valence-electron chi connectivity index (χ1n) is 9.90. The number of rotatable bonds is 8. The molecule has 158 valence electrons. The van der Waals surface area contributed by atoms with Crippen molar-refractivity contribution >= 4 is 35.1 Å². The second kappa shape index (κ2) is 9.33. The molecular weight excluding hydrogens is 444 g/mol. The van der Waals surface area contributed by atoms with E-state index in [4.69, 9.17) is 33.2 Å². The van der Waals surface area contributed by atoms with Gasteiger partial charge in [0.2, 0.25) is 0 Å². The number of benzene rings is 2. The average molecular weight is 466 g/mol. The van der Waals surface area contributed by atoms with Crippen LogP contribution in [0, 0.1) is 22.6 Å². The highest BCUT2D eigenvalue weighted by molar-refractivity contribution is 7.97. The van der Waals surface area contributed by atoms with Gasteiger partial charge in [0.25, 0.3) is 0 Å². The van der Waals surface area contributed by atoms with Crippen molar-refractivity contribution in [2.45, 2.75) is 30.2 Å². The van der Waals surface area contributed by atoms with E-state index in [1.165, 1.54) is 31.4 Å². The van der Waals surface area contributed by atoms with Gasteiger partial charge in [-0.15, -0.1) is 0 Å². The number of halogens is 3. The summed E-state index contributed by atoms with van der Waals surface area (Å²) in [4.78, 5) is 0.969. The summed E-state index contributed by atoms with van der Waals surface area (Å²) < 4.78 is 22.1. The van der Waals surface area contributed by atoms with Crippen molar-refractivity contribution < 1.29 is 9.13 Å². The molecule has 0 spiro atoms. The SMILES string of the molecule is N#Cc1ccc(OCC2(CNC3CCC3)CN(Sc3ccc(Cl)cc3Cl)C2)cc1F. The molecule has 2 aromatic carbocycles. The first kappa shape index (κ1) is 21.7. The number of nitriles is 1. The topological polar surface area (TPSA) is 48.3 Å². The Bertz CT molecular complexity index is 958. The second-order valence-electron chi connectivity index (χ2n) is 8.01. The van der Waals surface area contributed by atoms with E-state index in [1.807, 2.05) is 18.2 Å². The third kappa shape index (κ3) is 5.04. The molecule has 1 saturated carbocycles. The quantitative estimate of drug-likeness (QED) is 0.518. The molecule has 1 aliphatic carbocycles. The van der Waals surface area contributed by atoms with Crippen LogP contribution in [0.3, 0.4) is 0 Å². The van der Waals surface area contributed by atoms with Crippen molar-refractivity contribution in [2.24, 2.45) is 5.41 Å². The van der Waals surface area contributed by atoms with Crippen LogP contribution in [0.2, 0.25) is 10.0 Å². The lowest BCUT2D eigenvalue weighted by Crippen LogP contribution is -2.61. The van der Waals surface area contributed by atoms with Gasteiger partial charge in [0, 0.05) is 47.1 Å². The highest BCUT2D eigenvalue weighted by atomic mass is 35.5. The maximum Gasteiger partial charge on any atom is 0.144 e.